The first kappa shape index (κ1) is 13.7. The average molecular weight is 263 g/mol. The molecule has 0 unspecified atom stereocenters. The molecule has 3 heteroatoms. The van der Waals surface area contributed by atoms with E-state index in [1.807, 2.05) is 6.92 Å². The Hall–Kier alpha value is -0.310. The van der Waals surface area contributed by atoms with E-state index in [-0.39, 0.29) is 5.97 Å². The summed E-state index contributed by atoms with van der Waals surface area (Å²) in [5, 5.41) is 0.933. The number of esters is 1. The maximum Gasteiger partial charge on any atom is 0.305 e. The molecule has 0 saturated carbocycles. The Morgan fingerprint density at radius 3 is 2.64 bits per heavy atom. The van der Waals surface area contributed by atoms with Crippen molar-refractivity contribution in [2.45, 2.75) is 39.5 Å². The van der Waals surface area contributed by atoms with E-state index in [4.69, 9.17) is 4.74 Å². The number of rotatable bonds is 7. The van der Waals surface area contributed by atoms with Crippen LogP contribution in [0.2, 0.25) is 0 Å². The van der Waals surface area contributed by atoms with Crippen LogP contribution in [0.15, 0.2) is 11.6 Å². The molecule has 0 atom stereocenters. The van der Waals surface area contributed by atoms with Gasteiger partial charge in [0, 0.05) is 11.8 Å². The maximum absolute atomic E-state index is 11.0. The molecular weight excluding hydrogens is 244 g/mol. The van der Waals surface area contributed by atoms with Crippen LogP contribution in [0.25, 0.3) is 0 Å². The number of carbonyl (C=O) groups excluding carboxylic acids is 1. The summed E-state index contributed by atoms with van der Waals surface area (Å²) in [5.74, 6) is -0.0854. The van der Waals surface area contributed by atoms with Crippen LogP contribution < -0.4 is 0 Å². The van der Waals surface area contributed by atoms with Crippen molar-refractivity contribution in [1.29, 1.82) is 0 Å². The highest BCUT2D eigenvalue weighted by atomic mass is 79.9. The highest BCUT2D eigenvalue weighted by molar-refractivity contribution is 9.09. The molecule has 0 aliphatic rings. The van der Waals surface area contributed by atoms with Crippen molar-refractivity contribution in [2.75, 3.05) is 11.9 Å². The number of allylic oxidation sites excluding steroid dienone is 2. The lowest BCUT2D eigenvalue weighted by Gasteiger charge is -2.01. The van der Waals surface area contributed by atoms with Crippen LogP contribution in [-0.2, 0) is 9.53 Å². The summed E-state index contributed by atoms with van der Waals surface area (Å²) in [6.07, 6.45) is 5.66. The molecule has 14 heavy (non-hydrogen) atoms. The molecule has 0 amide bonds. The van der Waals surface area contributed by atoms with Crippen LogP contribution in [0.3, 0.4) is 0 Å². The van der Waals surface area contributed by atoms with Crippen molar-refractivity contribution in [3.63, 3.8) is 0 Å². The summed E-state index contributed by atoms with van der Waals surface area (Å²) < 4.78 is 4.83. The third kappa shape index (κ3) is 7.13. The van der Waals surface area contributed by atoms with E-state index in [9.17, 15) is 4.79 Å². The Morgan fingerprint density at radius 1 is 1.43 bits per heavy atom. The van der Waals surface area contributed by atoms with E-state index in [0.717, 1.165) is 24.6 Å². The first-order valence-corrected chi connectivity index (χ1v) is 6.26. The summed E-state index contributed by atoms with van der Waals surface area (Å²) >= 11 is 3.42. The fourth-order valence-corrected chi connectivity index (χ4v) is 1.70. The number of carbonyl (C=O) groups is 1. The van der Waals surface area contributed by atoms with Gasteiger partial charge in [0.15, 0.2) is 0 Å². The minimum Gasteiger partial charge on any atom is -0.466 e. The Morgan fingerprint density at radius 2 is 2.14 bits per heavy atom. The van der Waals surface area contributed by atoms with E-state index >= 15 is 0 Å². The SMILES string of the molecule is CCOC(=O)CCCC=C(CC)CBr. The zero-order valence-corrected chi connectivity index (χ0v) is 10.6. The molecule has 0 fully saturated rings. The van der Waals surface area contributed by atoms with Gasteiger partial charge in [-0.2, -0.15) is 0 Å². The van der Waals surface area contributed by atoms with Gasteiger partial charge in [0.1, 0.15) is 0 Å². The van der Waals surface area contributed by atoms with E-state index in [1.54, 1.807) is 0 Å². The normalized spacial score (nSPS) is 11.5. The summed E-state index contributed by atoms with van der Waals surface area (Å²) in [4.78, 5) is 11.0. The summed E-state index contributed by atoms with van der Waals surface area (Å²) in [6, 6.07) is 0. The van der Waals surface area contributed by atoms with Gasteiger partial charge in [-0.15, -0.1) is 0 Å². The molecule has 82 valence electrons. The monoisotopic (exact) mass is 262 g/mol. The minimum absolute atomic E-state index is 0.0854. The van der Waals surface area contributed by atoms with Crippen molar-refractivity contribution in [3.8, 4) is 0 Å². The summed E-state index contributed by atoms with van der Waals surface area (Å²) in [6.45, 7) is 4.45. The van der Waals surface area contributed by atoms with Crippen molar-refractivity contribution < 1.29 is 9.53 Å². The molecule has 0 heterocycles. The second-order valence-corrected chi connectivity index (χ2v) is 3.61. The molecule has 2 nitrogen and oxygen atoms in total. The highest BCUT2D eigenvalue weighted by Crippen LogP contribution is 2.08. The third-order valence-corrected chi connectivity index (χ3v) is 2.67. The highest BCUT2D eigenvalue weighted by Gasteiger charge is 1.99. The lowest BCUT2D eigenvalue weighted by Crippen LogP contribution is -2.02. The smallest absolute Gasteiger partial charge is 0.305 e. The fraction of sp³-hybridized carbons (Fsp3) is 0.727. The number of hydrogen-bond acceptors (Lipinski definition) is 2. The quantitative estimate of drug-likeness (QED) is 0.304. The molecule has 0 aromatic carbocycles. The molecule has 0 saturated heterocycles. The average Bonchev–Trinajstić information content (AvgIpc) is 2.19. The lowest BCUT2D eigenvalue weighted by atomic mass is 10.1. The van der Waals surface area contributed by atoms with Gasteiger partial charge in [-0.1, -0.05) is 34.5 Å². The van der Waals surface area contributed by atoms with Crippen LogP contribution in [0.5, 0.6) is 0 Å². The zero-order chi connectivity index (χ0) is 10.8. The van der Waals surface area contributed by atoms with Crippen molar-refractivity contribution in [2.24, 2.45) is 0 Å². The molecule has 0 N–H and O–H groups in total. The fourth-order valence-electron chi connectivity index (χ4n) is 1.08. The van der Waals surface area contributed by atoms with Crippen LogP contribution in [0.4, 0.5) is 0 Å². The molecule has 0 aromatic heterocycles. The van der Waals surface area contributed by atoms with Crippen LogP contribution in [0, 0.1) is 0 Å². The number of hydrogen-bond donors (Lipinski definition) is 0. The molecule has 0 bridgehead atoms. The molecule has 0 radical (unpaired) electrons. The van der Waals surface area contributed by atoms with Gasteiger partial charge in [-0.25, -0.2) is 0 Å². The van der Waals surface area contributed by atoms with E-state index in [2.05, 4.69) is 28.9 Å². The van der Waals surface area contributed by atoms with Crippen molar-refractivity contribution in [3.05, 3.63) is 11.6 Å². The minimum atomic E-state index is -0.0854. The molecule has 0 aromatic rings. The third-order valence-electron chi connectivity index (χ3n) is 1.95. The molecule has 0 aliphatic carbocycles. The Kier molecular flexibility index (Phi) is 9.05. The van der Waals surface area contributed by atoms with Gasteiger partial charge >= 0.3 is 5.97 Å². The van der Waals surface area contributed by atoms with E-state index < -0.39 is 0 Å². The predicted octanol–water partition coefficient (Wildman–Crippen LogP) is 3.45. The van der Waals surface area contributed by atoms with Gasteiger partial charge in [0.05, 0.1) is 6.61 Å². The number of alkyl halides is 1. The first-order valence-electron chi connectivity index (χ1n) is 5.14. The zero-order valence-electron chi connectivity index (χ0n) is 9.01. The first-order chi connectivity index (χ1) is 6.74. The molecule has 0 rings (SSSR count). The Labute approximate surface area is 94.8 Å². The number of halogens is 1. The number of unbranched alkanes of at least 4 members (excludes halogenated alkanes) is 1. The van der Waals surface area contributed by atoms with Gasteiger partial charge in [-0.05, 0) is 26.2 Å². The van der Waals surface area contributed by atoms with Gasteiger partial charge in [0.2, 0.25) is 0 Å². The Bertz CT molecular complexity index is 182. The van der Waals surface area contributed by atoms with E-state index in [1.165, 1.54) is 5.57 Å². The van der Waals surface area contributed by atoms with Crippen LogP contribution >= 0.6 is 15.9 Å². The topological polar surface area (TPSA) is 26.3 Å². The van der Waals surface area contributed by atoms with Gasteiger partial charge in [-0.3, -0.25) is 4.79 Å². The summed E-state index contributed by atoms with van der Waals surface area (Å²) in [5.41, 5.74) is 1.40. The van der Waals surface area contributed by atoms with E-state index in [0.29, 0.717) is 13.0 Å². The second-order valence-electron chi connectivity index (χ2n) is 3.05. The second kappa shape index (κ2) is 9.25. The molecular formula is C11H19BrO2. The summed E-state index contributed by atoms with van der Waals surface area (Å²) in [7, 11) is 0. The Balaban J connectivity index is 3.54. The lowest BCUT2D eigenvalue weighted by molar-refractivity contribution is -0.143. The largest absolute Gasteiger partial charge is 0.466 e. The van der Waals surface area contributed by atoms with Crippen molar-refractivity contribution >= 4 is 21.9 Å². The molecule has 0 spiro atoms. The van der Waals surface area contributed by atoms with Crippen molar-refractivity contribution in [1.82, 2.24) is 0 Å². The van der Waals surface area contributed by atoms with Gasteiger partial charge in [0.25, 0.3) is 0 Å². The maximum atomic E-state index is 11.0. The standard InChI is InChI=1S/C11H19BrO2/c1-3-10(9-12)7-5-6-8-11(13)14-4-2/h7H,3-6,8-9H2,1-2H3. The van der Waals surface area contributed by atoms with Gasteiger partial charge < -0.3 is 4.74 Å². The molecule has 0 aliphatic heterocycles. The van der Waals surface area contributed by atoms with Crippen LogP contribution in [0.1, 0.15) is 39.5 Å². The number of ether oxygens (including phenoxy) is 1. The van der Waals surface area contributed by atoms with Crippen LogP contribution in [-0.4, -0.2) is 17.9 Å². The predicted molar refractivity (Wildman–Crippen MR) is 62.7 cm³/mol.